The zero-order valence-corrected chi connectivity index (χ0v) is 12.3. The predicted octanol–water partition coefficient (Wildman–Crippen LogP) is 1.49. The van der Waals surface area contributed by atoms with Gasteiger partial charge in [-0.1, -0.05) is 30.7 Å². The molecular formula is C14H19FN4S. The number of aromatic nitrogens is 1. The van der Waals surface area contributed by atoms with Crippen LogP contribution in [0.2, 0.25) is 0 Å². The molecule has 0 amide bonds. The molecule has 3 N–H and O–H groups in total. The standard InChI is InChI=1S/C14H19FN4S/c1-2-7-20-19-6-5-17-8-11(19)3-4-12-13(15)9-18-10-14(12)16/h9-11,17H,2,5-8,16H2,1H3/t11-/m0/s1. The van der Waals surface area contributed by atoms with Gasteiger partial charge in [-0.15, -0.1) is 0 Å². The van der Waals surface area contributed by atoms with E-state index in [1.54, 1.807) is 11.9 Å². The van der Waals surface area contributed by atoms with Crippen LogP contribution < -0.4 is 11.1 Å². The molecule has 1 atom stereocenters. The summed E-state index contributed by atoms with van der Waals surface area (Å²) in [5.41, 5.74) is 6.24. The number of hydrogen-bond acceptors (Lipinski definition) is 5. The highest BCUT2D eigenvalue weighted by atomic mass is 32.2. The van der Waals surface area contributed by atoms with Crippen molar-refractivity contribution in [3.05, 3.63) is 23.8 Å². The van der Waals surface area contributed by atoms with Crippen molar-refractivity contribution in [3.8, 4) is 11.8 Å². The van der Waals surface area contributed by atoms with Crippen LogP contribution in [-0.4, -0.2) is 40.7 Å². The Morgan fingerprint density at radius 1 is 1.60 bits per heavy atom. The van der Waals surface area contributed by atoms with E-state index in [2.05, 4.69) is 33.4 Å². The first-order valence-electron chi connectivity index (χ1n) is 6.73. The Morgan fingerprint density at radius 3 is 3.20 bits per heavy atom. The maximum Gasteiger partial charge on any atom is 0.159 e. The van der Waals surface area contributed by atoms with Gasteiger partial charge in [0.2, 0.25) is 0 Å². The number of nitrogens with one attached hydrogen (secondary N) is 1. The number of nitrogen functional groups attached to an aromatic ring is 1. The zero-order valence-electron chi connectivity index (χ0n) is 11.5. The van der Waals surface area contributed by atoms with E-state index in [0.29, 0.717) is 0 Å². The molecule has 20 heavy (non-hydrogen) atoms. The van der Waals surface area contributed by atoms with Gasteiger partial charge in [-0.25, -0.2) is 8.70 Å². The highest BCUT2D eigenvalue weighted by Gasteiger charge is 2.20. The van der Waals surface area contributed by atoms with E-state index >= 15 is 0 Å². The fourth-order valence-electron chi connectivity index (χ4n) is 1.91. The Hall–Kier alpha value is -1.29. The van der Waals surface area contributed by atoms with E-state index in [1.165, 1.54) is 6.20 Å². The average molecular weight is 294 g/mol. The fraction of sp³-hybridized carbons (Fsp3) is 0.500. The predicted molar refractivity (Wildman–Crippen MR) is 81.6 cm³/mol. The van der Waals surface area contributed by atoms with Crippen LogP contribution in [0.3, 0.4) is 0 Å². The number of rotatable bonds is 3. The molecule has 0 unspecified atom stereocenters. The first kappa shape index (κ1) is 15.1. The highest BCUT2D eigenvalue weighted by Crippen LogP contribution is 2.17. The molecule has 0 aliphatic carbocycles. The molecule has 2 rings (SSSR count). The Kier molecular flexibility index (Phi) is 5.65. The quantitative estimate of drug-likeness (QED) is 0.653. The minimum Gasteiger partial charge on any atom is -0.396 e. The van der Waals surface area contributed by atoms with Crippen molar-refractivity contribution in [3.63, 3.8) is 0 Å². The van der Waals surface area contributed by atoms with Crippen LogP contribution in [0.4, 0.5) is 10.1 Å². The molecule has 1 saturated heterocycles. The minimum absolute atomic E-state index is 0.0762. The molecule has 4 nitrogen and oxygen atoms in total. The largest absolute Gasteiger partial charge is 0.396 e. The third kappa shape index (κ3) is 3.85. The van der Waals surface area contributed by atoms with Crippen molar-refractivity contribution in [2.75, 3.05) is 31.1 Å². The van der Waals surface area contributed by atoms with Gasteiger partial charge in [0.05, 0.1) is 29.7 Å². The normalized spacial score (nSPS) is 19.4. The van der Waals surface area contributed by atoms with E-state index in [0.717, 1.165) is 38.0 Å². The molecule has 1 aromatic heterocycles. The maximum absolute atomic E-state index is 13.6. The van der Waals surface area contributed by atoms with Crippen LogP contribution in [0.1, 0.15) is 18.9 Å². The van der Waals surface area contributed by atoms with Crippen molar-refractivity contribution >= 4 is 17.6 Å². The van der Waals surface area contributed by atoms with Crippen LogP contribution in [0.25, 0.3) is 0 Å². The Balaban J connectivity index is 2.13. The summed E-state index contributed by atoms with van der Waals surface area (Å²) in [4.78, 5) is 3.70. The fourth-order valence-corrected chi connectivity index (χ4v) is 2.85. The lowest BCUT2D eigenvalue weighted by Gasteiger charge is -2.31. The number of pyridine rings is 1. The highest BCUT2D eigenvalue weighted by molar-refractivity contribution is 7.97. The SMILES string of the molecule is CCCSN1CCNC[C@@H]1C#Cc1c(N)cncc1F. The van der Waals surface area contributed by atoms with Crippen LogP contribution in [0.15, 0.2) is 12.4 Å². The molecule has 0 spiro atoms. The molecule has 108 valence electrons. The lowest BCUT2D eigenvalue weighted by Crippen LogP contribution is -2.47. The van der Waals surface area contributed by atoms with Crippen molar-refractivity contribution in [1.29, 1.82) is 0 Å². The molecular weight excluding hydrogens is 275 g/mol. The van der Waals surface area contributed by atoms with Gasteiger partial charge in [-0.05, 0) is 6.42 Å². The Morgan fingerprint density at radius 2 is 2.45 bits per heavy atom. The first-order chi connectivity index (χ1) is 9.72. The van der Waals surface area contributed by atoms with Gasteiger partial charge >= 0.3 is 0 Å². The molecule has 1 fully saturated rings. The second kappa shape index (κ2) is 7.48. The molecule has 0 aromatic carbocycles. The number of nitrogens with two attached hydrogens (primary N) is 1. The number of nitrogens with zero attached hydrogens (tertiary/aromatic N) is 2. The van der Waals surface area contributed by atoms with Crippen molar-refractivity contribution < 1.29 is 4.39 Å². The zero-order chi connectivity index (χ0) is 14.4. The summed E-state index contributed by atoms with van der Waals surface area (Å²) in [6.45, 7) is 4.85. The summed E-state index contributed by atoms with van der Waals surface area (Å²) in [5.74, 6) is 6.61. The topological polar surface area (TPSA) is 54.2 Å². The lowest BCUT2D eigenvalue weighted by molar-refractivity contribution is 0.343. The number of halogens is 1. The first-order valence-corrected chi connectivity index (χ1v) is 7.67. The molecule has 1 aliphatic rings. The summed E-state index contributed by atoms with van der Waals surface area (Å²) >= 11 is 1.80. The molecule has 1 aromatic rings. The summed E-state index contributed by atoms with van der Waals surface area (Å²) in [6, 6.07) is 0.0762. The molecule has 2 heterocycles. The van der Waals surface area contributed by atoms with Crippen LogP contribution in [-0.2, 0) is 0 Å². The lowest BCUT2D eigenvalue weighted by atomic mass is 10.2. The number of piperazine rings is 1. The van der Waals surface area contributed by atoms with Crippen LogP contribution >= 0.6 is 11.9 Å². The molecule has 6 heteroatoms. The Labute approximate surface area is 123 Å². The van der Waals surface area contributed by atoms with Gasteiger partial charge in [0.1, 0.15) is 0 Å². The van der Waals surface area contributed by atoms with Crippen molar-refractivity contribution in [1.82, 2.24) is 14.6 Å². The summed E-state index contributed by atoms with van der Waals surface area (Å²) < 4.78 is 15.9. The van der Waals surface area contributed by atoms with Gasteiger partial charge < -0.3 is 11.1 Å². The second-order valence-electron chi connectivity index (χ2n) is 4.55. The monoisotopic (exact) mass is 294 g/mol. The van der Waals surface area contributed by atoms with E-state index < -0.39 is 5.82 Å². The van der Waals surface area contributed by atoms with E-state index in [4.69, 9.17) is 5.73 Å². The van der Waals surface area contributed by atoms with Gasteiger partial charge in [-0.2, -0.15) is 0 Å². The van der Waals surface area contributed by atoms with Crippen LogP contribution in [0, 0.1) is 17.7 Å². The summed E-state index contributed by atoms with van der Waals surface area (Å²) in [5, 5.41) is 3.31. The number of anilines is 1. The van der Waals surface area contributed by atoms with E-state index in [1.807, 2.05) is 0 Å². The van der Waals surface area contributed by atoms with Gasteiger partial charge in [0.25, 0.3) is 0 Å². The van der Waals surface area contributed by atoms with E-state index in [-0.39, 0.29) is 17.3 Å². The number of hydrogen-bond donors (Lipinski definition) is 2. The minimum atomic E-state index is -0.464. The van der Waals surface area contributed by atoms with Gasteiger partial charge in [0.15, 0.2) is 5.82 Å². The van der Waals surface area contributed by atoms with E-state index in [9.17, 15) is 4.39 Å². The smallest absolute Gasteiger partial charge is 0.159 e. The second-order valence-corrected chi connectivity index (χ2v) is 5.68. The maximum atomic E-state index is 13.6. The van der Waals surface area contributed by atoms with Crippen LogP contribution in [0.5, 0.6) is 0 Å². The molecule has 1 aliphatic heterocycles. The molecule has 0 saturated carbocycles. The van der Waals surface area contributed by atoms with Crippen molar-refractivity contribution in [2.45, 2.75) is 19.4 Å². The average Bonchev–Trinajstić information content (AvgIpc) is 2.45. The summed E-state index contributed by atoms with van der Waals surface area (Å²) in [6.07, 6.45) is 3.69. The third-order valence-electron chi connectivity index (χ3n) is 2.95. The van der Waals surface area contributed by atoms with Gasteiger partial charge in [-0.3, -0.25) is 4.98 Å². The van der Waals surface area contributed by atoms with Crippen molar-refractivity contribution in [2.24, 2.45) is 0 Å². The molecule has 0 bridgehead atoms. The summed E-state index contributed by atoms with van der Waals surface area (Å²) in [7, 11) is 0. The Bertz CT molecular complexity index is 491. The third-order valence-corrected chi connectivity index (χ3v) is 4.31. The van der Waals surface area contributed by atoms with Gasteiger partial charge in [0, 0.05) is 25.4 Å². The molecule has 0 radical (unpaired) electrons.